The van der Waals surface area contributed by atoms with Crippen LogP contribution in [0.2, 0.25) is 0 Å². The largest absolute Gasteiger partial charge is 0.391 e. The summed E-state index contributed by atoms with van der Waals surface area (Å²) in [6.07, 6.45) is 14.1. The first kappa shape index (κ1) is 32.8. The first-order chi connectivity index (χ1) is 19.2. The van der Waals surface area contributed by atoms with Crippen molar-refractivity contribution in [2.75, 3.05) is 13.2 Å². The molecule has 7 N–H and O–H groups in total. The molecular formula is C32H52ClFN4O3. The topological polar surface area (TPSA) is 126 Å². The SMILES string of the molecule is C=C(Cl)/N=C\C=C(/F)C1[C@H](C)NC2(CCC(C)(C)CC2)C1(CN)[C@H]1C=CC2CC1(O)C2.C[C@@H](O)C1CCC(N)CO1. The predicted octanol–water partition coefficient (Wildman–Crippen LogP) is 4.71. The van der Waals surface area contributed by atoms with Gasteiger partial charge in [0.2, 0.25) is 0 Å². The second-order valence-corrected chi connectivity index (χ2v) is 14.6. The lowest BCUT2D eigenvalue weighted by molar-refractivity contribution is -0.161. The van der Waals surface area contributed by atoms with Crippen LogP contribution in [0.15, 0.2) is 40.8 Å². The number of allylic oxidation sites excluding steroid dienone is 2. The number of aliphatic imine (C=N–C) groups is 1. The Labute approximate surface area is 250 Å². The molecule has 0 amide bonds. The molecule has 0 aromatic carbocycles. The number of nitrogens with two attached hydrogens (primary N) is 2. The zero-order valence-electron chi connectivity index (χ0n) is 25.3. The number of nitrogens with one attached hydrogen (secondary N) is 1. The van der Waals surface area contributed by atoms with Crippen molar-refractivity contribution in [1.29, 1.82) is 0 Å². The quantitative estimate of drug-likeness (QED) is 0.172. The van der Waals surface area contributed by atoms with Crippen LogP contribution in [0.4, 0.5) is 4.39 Å². The number of aliphatic hydroxyl groups is 2. The minimum atomic E-state index is -0.804. The van der Waals surface area contributed by atoms with Gasteiger partial charge in [0.25, 0.3) is 0 Å². The molecule has 9 heteroatoms. The third kappa shape index (κ3) is 6.40. The standard InChI is InChI=1S/C25H37ClFN3O.C7H15NO2/c1-16-21(19(27)7-12-29-17(2)26)25(15-28,20-6-5-18-13-23(20,31)14-18)24(30-16)10-8-22(3,4)9-11-24;1-5(9)7-3-2-6(8)4-10-7/h5-7,12,16,18,20-21,30-31H,2,8-11,13-15,28H2,1,3-4H3;5-7,9H,2-4,8H2,1H3/b19-7-,29-12-;/t16-,18?,20-,21?,23?,25?;5-,6?,7?/m01/s1. The molecule has 0 aromatic heterocycles. The lowest BCUT2D eigenvalue weighted by Crippen LogP contribution is -2.68. The van der Waals surface area contributed by atoms with Crippen molar-refractivity contribution in [3.05, 3.63) is 35.8 Å². The molecule has 7 atom stereocenters. The molecule has 2 aliphatic heterocycles. The highest BCUT2D eigenvalue weighted by Gasteiger charge is 2.71. The summed E-state index contributed by atoms with van der Waals surface area (Å²) in [5.74, 6) is -0.459. The Balaban J connectivity index is 0.000000328. The van der Waals surface area contributed by atoms with Gasteiger partial charge in [-0.15, -0.1) is 0 Å². The van der Waals surface area contributed by atoms with Crippen molar-refractivity contribution in [2.24, 2.45) is 45.0 Å². The number of rotatable bonds is 6. The zero-order chi connectivity index (χ0) is 30.2. The van der Waals surface area contributed by atoms with Crippen molar-refractivity contribution in [2.45, 2.75) is 114 Å². The Hall–Kier alpha value is -1.13. The number of halogens is 2. The Morgan fingerprint density at radius 1 is 1.24 bits per heavy atom. The molecule has 6 rings (SSSR count). The molecule has 0 aromatic rings. The van der Waals surface area contributed by atoms with Crippen molar-refractivity contribution in [3.8, 4) is 0 Å². The summed E-state index contributed by atoms with van der Waals surface area (Å²) in [5, 5.41) is 24.6. The third-order valence-electron chi connectivity index (χ3n) is 10.8. The van der Waals surface area contributed by atoms with Crippen molar-refractivity contribution in [1.82, 2.24) is 5.32 Å². The fourth-order valence-corrected chi connectivity index (χ4v) is 8.64. The van der Waals surface area contributed by atoms with E-state index in [9.17, 15) is 5.11 Å². The highest BCUT2D eigenvalue weighted by molar-refractivity contribution is 6.29. The van der Waals surface area contributed by atoms with E-state index in [1.165, 1.54) is 12.3 Å². The van der Waals surface area contributed by atoms with Crippen LogP contribution in [0.25, 0.3) is 0 Å². The number of fused-ring (bicyclic) bond motifs is 1. The van der Waals surface area contributed by atoms with Crippen LogP contribution in [0, 0.1) is 28.6 Å². The zero-order valence-corrected chi connectivity index (χ0v) is 26.0. The molecule has 2 heterocycles. The predicted molar refractivity (Wildman–Crippen MR) is 164 cm³/mol. The van der Waals surface area contributed by atoms with Gasteiger partial charge in [-0.1, -0.05) is 44.2 Å². The van der Waals surface area contributed by atoms with Gasteiger partial charge in [0.15, 0.2) is 0 Å². The highest BCUT2D eigenvalue weighted by atomic mass is 35.5. The molecule has 4 aliphatic carbocycles. The van der Waals surface area contributed by atoms with Crippen LogP contribution in [0.5, 0.6) is 0 Å². The fraction of sp³-hybridized carbons (Fsp3) is 0.781. The molecule has 4 unspecified atom stereocenters. The van der Waals surface area contributed by atoms with Crippen molar-refractivity contribution in [3.63, 3.8) is 0 Å². The van der Waals surface area contributed by atoms with E-state index in [4.69, 9.17) is 32.9 Å². The van der Waals surface area contributed by atoms with Crippen LogP contribution in [0.1, 0.15) is 79.1 Å². The molecule has 6 aliphatic rings. The minimum Gasteiger partial charge on any atom is -0.391 e. The third-order valence-corrected chi connectivity index (χ3v) is 10.9. The van der Waals surface area contributed by atoms with Gasteiger partial charge in [-0.3, -0.25) is 0 Å². The maximum Gasteiger partial charge on any atom is 0.121 e. The van der Waals surface area contributed by atoms with Gasteiger partial charge < -0.3 is 31.7 Å². The molecule has 232 valence electrons. The van der Waals surface area contributed by atoms with E-state index in [-0.39, 0.29) is 52.1 Å². The summed E-state index contributed by atoms with van der Waals surface area (Å²) >= 11 is 5.72. The molecule has 2 bridgehead atoms. The van der Waals surface area contributed by atoms with Gasteiger partial charge >= 0.3 is 0 Å². The van der Waals surface area contributed by atoms with Gasteiger partial charge in [-0.05, 0) is 82.6 Å². The Morgan fingerprint density at radius 2 is 1.90 bits per heavy atom. The molecule has 41 heavy (non-hydrogen) atoms. The van der Waals surface area contributed by atoms with Crippen LogP contribution < -0.4 is 16.8 Å². The molecule has 2 saturated heterocycles. The lowest BCUT2D eigenvalue weighted by atomic mass is 9.44. The van der Waals surface area contributed by atoms with Gasteiger partial charge in [0, 0.05) is 47.6 Å². The normalized spacial score (nSPS) is 42.0. The Morgan fingerprint density at radius 3 is 2.41 bits per heavy atom. The Kier molecular flexibility index (Phi) is 9.97. The number of hydrogen-bond acceptors (Lipinski definition) is 7. The summed E-state index contributed by atoms with van der Waals surface area (Å²) < 4.78 is 21.2. The van der Waals surface area contributed by atoms with E-state index >= 15 is 4.39 Å². The summed E-state index contributed by atoms with van der Waals surface area (Å²) in [7, 11) is 0. The average Bonchev–Trinajstić information content (AvgIpc) is 3.13. The summed E-state index contributed by atoms with van der Waals surface area (Å²) in [5.41, 5.74) is 10.7. The van der Waals surface area contributed by atoms with Crippen LogP contribution >= 0.6 is 11.6 Å². The molecule has 2 saturated carbocycles. The van der Waals surface area contributed by atoms with Crippen LogP contribution in [0.3, 0.4) is 0 Å². The van der Waals surface area contributed by atoms with Gasteiger partial charge in [0.1, 0.15) is 11.0 Å². The minimum absolute atomic E-state index is 0.0137. The second-order valence-electron chi connectivity index (χ2n) is 14.2. The first-order valence-corrected chi connectivity index (χ1v) is 15.7. The number of nitrogens with zero attached hydrogens (tertiary/aromatic N) is 1. The van der Waals surface area contributed by atoms with Gasteiger partial charge in [-0.2, -0.15) is 0 Å². The molecule has 1 spiro atoms. The number of hydrogen-bond donors (Lipinski definition) is 5. The second kappa shape index (κ2) is 12.5. The monoisotopic (exact) mass is 594 g/mol. The lowest BCUT2D eigenvalue weighted by Gasteiger charge is -2.62. The maximum atomic E-state index is 15.9. The maximum absolute atomic E-state index is 15.9. The number of aliphatic hydroxyl groups excluding tert-OH is 1. The van der Waals surface area contributed by atoms with E-state index in [0.717, 1.165) is 51.4 Å². The van der Waals surface area contributed by atoms with Gasteiger partial charge in [0.05, 0.1) is 24.4 Å². The van der Waals surface area contributed by atoms with E-state index in [1.54, 1.807) is 6.92 Å². The van der Waals surface area contributed by atoms with Crippen molar-refractivity contribution < 1.29 is 19.3 Å². The number of ether oxygens (including phenoxy) is 1. The van der Waals surface area contributed by atoms with E-state index in [1.807, 2.05) is 0 Å². The summed E-state index contributed by atoms with van der Waals surface area (Å²) in [6.45, 7) is 12.9. The average molecular weight is 595 g/mol. The van der Waals surface area contributed by atoms with Crippen molar-refractivity contribution >= 4 is 17.8 Å². The highest BCUT2D eigenvalue weighted by Crippen LogP contribution is 2.66. The first-order valence-electron chi connectivity index (χ1n) is 15.4. The molecule has 4 fully saturated rings. The van der Waals surface area contributed by atoms with E-state index in [0.29, 0.717) is 19.1 Å². The van der Waals surface area contributed by atoms with Crippen LogP contribution in [-0.4, -0.2) is 65.0 Å². The van der Waals surface area contributed by atoms with E-state index in [2.05, 4.69) is 49.8 Å². The molecular weight excluding hydrogens is 543 g/mol. The fourth-order valence-electron chi connectivity index (χ4n) is 8.59. The Bertz CT molecular complexity index is 1020. The smallest absolute Gasteiger partial charge is 0.121 e. The summed E-state index contributed by atoms with van der Waals surface area (Å²) in [4.78, 5) is 3.92. The molecule has 7 nitrogen and oxygen atoms in total. The summed E-state index contributed by atoms with van der Waals surface area (Å²) in [6, 6.07) is 0.0680. The molecule has 0 radical (unpaired) electrons. The van der Waals surface area contributed by atoms with Crippen LogP contribution in [-0.2, 0) is 4.74 Å². The van der Waals surface area contributed by atoms with Gasteiger partial charge in [-0.25, -0.2) is 9.38 Å². The van der Waals surface area contributed by atoms with E-state index < -0.39 is 16.9 Å².